The summed E-state index contributed by atoms with van der Waals surface area (Å²) in [6.45, 7) is 3.20. The van der Waals surface area contributed by atoms with Crippen molar-refractivity contribution in [3.05, 3.63) is 54.1 Å². The molecule has 0 bridgehead atoms. The maximum atomic E-state index is 12.5. The summed E-state index contributed by atoms with van der Waals surface area (Å²) in [5.41, 5.74) is 2.93. The van der Waals surface area contributed by atoms with E-state index in [0.717, 1.165) is 35.9 Å². The summed E-state index contributed by atoms with van der Waals surface area (Å²) >= 11 is 1.14. The van der Waals surface area contributed by atoms with Crippen molar-refractivity contribution in [1.82, 2.24) is 13.6 Å². The van der Waals surface area contributed by atoms with Gasteiger partial charge in [0.15, 0.2) is 6.54 Å². The van der Waals surface area contributed by atoms with Gasteiger partial charge in [-0.25, -0.2) is 0 Å². The Morgan fingerprint density at radius 1 is 1.04 bits per heavy atom. The highest BCUT2D eigenvalue weighted by Crippen LogP contribution is 2.20. The zero-order chi connectivity index (χ0) is 18.6. The van der Waals surface area contributed by atoms with Crippen molar-refractivity contribution in [3.8, 4) is 0 Å². The summed E-state index contributed by atoms with van der Waals surface area (Å²) in [6, 6.07) is 14.9. The summed E-state index contributed by atoms with van der Waals surface area (Å²) in [5, 5.41) is 2.94. The molecule has 1 aliphatic rings. The zero-order valence-corrected chi connectivity index (χ0v) is 15.5. The third kappa shape index (κ3) is 3.96. The van der Waals surface area contributed by atoms with Crippen molar-refractivity contribution < 1.29 is 14.5 Å². The molecular weight excluding hydrogens is 362 g/mol. The van der Waals surface area contributed by atoms with Crippen LogP contribution in [0.25, 0.3) is 11.0 Å². The predicted octanol–water partition coefficient (Wildman–Crippen LogP) is 0.671. The molecule has 0 radical (unpaired) electrons. The van der Waals surface area contributed by atoms with E-state index in [1.807, 2.05) is 53.4 Å². The highest BCUT2D eigenvalue weighted by atomic mass is 32.1. The minimum absolute atomic E-state index is 0.0478. The second-order valence-electron chi connectivity index (χ2n) is 6.57. The first kappa shape index (κ1) is 17.6. The average Bonchev–Trinajstić information content (AvgIpc) is 3.19. The molecule has 2 amide bonds. The van der Waals surface area contributed by atoms with Gasteiger partial charge in [0, 0.05) is 5.56 Å². The fraction of sp³-hybridized carbons (Fsp3) is 0.263. The molecular formula is C19H20N5O2S+. The van der Waals surface area contributed by atoms with Crippen LogP contribution in [0, 0.1) is 0 Å². The first-order chi connectivity index (χ1) is 13.2. The van der Waals surface area contributed by atoms with Crippen LogP contribution in [-0.4, -0.2) is 58.2 Å². The third-order valence-corrected chi connectivity index (χ3v) is 5.29. The molecule has 8 heteroatoms. The van der Waals surface area contributed by atoms with Crippen molar-refractivity contribution in [2.24, 2.45) is 0 Å². The van der Waals surface area contributed by atoms with E-state index in [0.29, 0.717) is 30.9 Å². The maximum absolute atomic E-state index is 12.5. The number of carbonyl (C=O) groups is 2. The molecule has 1 aliphatic heterocycles. The van der Waals surface area contributed by atoms with Crippen LogP contribution in [0.4, 0.5) is 5.69 Å². The van der Waals surface area contributed by atoms with Crippen molar-refractivity contribution in [2.75, 3.05) is 38.0 Å². The number of benzene rings is 2. The van der Waals surface area contributed by atoms with Gasteiger partial charge in [-0.3, -0.25) is 9.59 Å². The minimum Gasteiger partial charge on any atom is -0.327 e. The number of hydrogen-bond acceptors (Lipinski definition) is 5. The molecule has 27 heavy (non-hydrogen) atoms. The summed E-state index contributed by atoms with van der Waals surface area (Å²) in [7, 11) is 0. The fourth-order valence-corrected chi connectivity index (χ4v) is 3.84. The number of nitrogens with one attached hydrogen (secondary N) is 2. The summed E-state index contributed by atoms with van der Waals surface area (Å²) in [5.74, 6) is 0.00940. The molecule has 0 unspecified atom stereocenters. The molecule has 2 heterocycles. The van der Waals surface area contributed by atoms with E-state index in [9.17, 15) is 9.59 Å². The SMILES string of the molecule is O=C(C[NH+]1CCN(C(=O)c2ccccc2)CC1)Nc1cccc2nsnc12. The Kier molecular flexibility index (Phi) is 5.08. The van der Waals surface area contributed by atoms with E-state index in [2.05, 4.69) is 14.1 Å². The van der Waals surface area contributed by atoms with Gasteiger partial charge in [0.05, 0.1) is 43.6 Å². The zero-order valence-electron chi connectivity index (χ0n) is 14.7. The molecule has 0 aliphatic carbocycles. The van der Waals surface area contributed by atoms with Crippen molar-refractivity contribution in [1.29, 1.82) is 0 Å². The standard InChI is InChI=1S/C19H19N5O2S/c25-17(20-15-7-4-8-16-18(15)22-27-21-16)13-23-9-11-24(12-10-23)19(26)14-5-2-1-3-6-14/h1-8H,9-13H2,(H,20,25)/p+1. The Morgan fingerprint density at radius 3 is 2.59 bits per heavy atom. The van der Waals surface area contributed by atoms with Gasteiger partial charge in [0.1, 0.15) is 11.0 Å². The van der Waals surface area contributed by atoms with E-state index in [1.54, 1.807) is 0 Å². The number of amides is 2. The van der Waals surface area contributed by atoms with Crippen LogP contribution in [0.1, 0.15) is 10.4 Å². The quantitative estimate of drug-likeness (QED) is 0.695. The predicted molar refractivity (Wildman–Crippen MR) is 104 cm³/mol. The number of rotatable bonds is 4. The van der Waals surface area contributed by atoms with Crippen LogP contribution in [0.2, 0.25) is 0 Å². The highest BCUT2D eigenvalue weighted by molar-refractivity contribution is 7.00. The second kappa shape index (κ2) is 7.81. The molecule has 1 aromatic heterocycles. The largest absolute Gasteiger partial charge is 0.327 e. The molecule has 0 atom stereocenters. The van der Waals surface area contributed by atoms with Gasteiger partial charge in [0.2, 0.25) is 0 Å². The number of quaternary nitrogens is 1. The van der Waals surface area contributed by atoms with Crippen LogP contribution in [0.5, 0.6) is 0 Å². The normalized spacial score (nSPS) is 15.0. The van der Waals surface area contributed by atoms with Gasteiger partial charge in [-0.1, -0.05) is 24.3 Å². The minimum atomic E-state index is -0.0478. The molecule has 4 rings (SSSR count). The average molecular weight is 382 g/mol. The number of anilines is 1. The number of hydrogen-bond donors (Lipinski definition) is 2. The van der Waals surface area contributed by atoms with Gasteiger partial charge in [0.25, 0.3) is 11.8 Å². The van der Waals surface area contributed by atoms with Crippen LogP contribution in [0.3, 0.4) is 0 Å². The Balaban J connectivity index is 1.31. The van der Waals surface area contributed by atoms with Gasteiger partial charge < -0.3 is 15.1 Å². The number of piperazine rings is 1. The lowest BCUT2D eigenvalue weighted by atomic mass is 10.2. The lowest BCUT2D eigenvalue weighted by Crippen LogP contribution is -3.15. The third-order valence-electron chi connectivity index (χ3n) is 4.75. The van der Waals surface area contributed by atoms with Crippen molar-refractivity contribution in [3.63, 3.8) is 0 Å². The molecule has 2 N–H and O–H groups in total. The van der Waals surface area contributed by atoms with Gasteiger partial charge in [-0.15, -0.1) is 0 Å². The number of fused-ring (bicyclic) bond motifs is 1. The maximum Gasteiger partial charge on any atom is 0.279 e. The smallest absolute Gasteiger partial charge is 0.279 e. The van der Waals surface area contributed by atoms with Crippen LogP contribution in [0.15, 0.2) is 48.5 Å². The summed E-state index contributed by atoms with van der Waals surface area (Å²) in [6.07, 6.45) is 0. The molecule has 0 saturated carbocycles. The Bertz CT molecular complexity index is 951. The Hall–Kier alpha value is -2.84. The molecule has 3 aromatic rings. The van der Waals surface area contributed by atoms with Crippen LogP contribution in [-0.2, 0) is 4.79 Å². The first-order valence-corrected chi connectivity index (χ1v) is 9.63. The Labute approximate surface area is 160 Å². The van der Waals surface area contributed by atoms with Gasteiger partial charge >= 0.3 is 0 Å². The monoisotopic (exact) mass is 382 g/mol. The van der Waals surface area contributed by atoms with Gasteiger partial charge in [-0.2, -0.15) is 8.75 Å². The Morgan fingerprint density at radius 2 is 1.81 bits per heavy atom. The number of carbonyl (C=O) groups excluding carboxylic acids is 2. The summed E-state index contributed by atoms with van der Waals surface area (Å²) in [4.78, 5) is 28.0. The van der Waals surface area contributed by atoms with Crippen LogP contribution < -0.4 is 10.2 Å². The molecule has 2 aromatic carbocycles. The first-order valence-electron chi connectivity index (χ1n) is 8.90. The topological polar surface area (TPSA) is 79.6 Å². The lowest BCUT2D eigenvalue weighted by Gasteiger charge is -2.32. The van der Waals surface area contributed by atoms with E-state index < -0.39 is 0 Å². The molecule has 0 spiro atoms. The second-order valence-corrected chi connectivity index (χ2v) is 7.10. The van der Waals surface area contributed by atoms with Crippen LogP contribution >= 0.6 is 11.7 Å². The number of nitrogens with zero attached hydrogens (tertiary/aromatic N) is 3. The molecule has 138 valence electrons. The molecule has 1 fully saturated rings. The van der Waals surface area contributed by atoms with E-state index in [4.69, 9.17) is 0 Å². The lowest BCUT2D eigenvalue weighted by molar-refractivity contribution is -0.895. The summed E-state index contributed by atoms with van der Waals surface area (Å²) < 4.78 is 8.43. The molecule has 1 saturated heterocycles. The van der Waals surface area contributed by atoms with Gasteiger partial charge in [-0.05, 0) is 24.3 Å². The molecule has 7 nitrogen and oxygen atoms in total. The highest BCUT2D eigenvalue weighted by Gasteiger charge is 2.26. The number of aromatic nitrogens is 2. The van der Waals surface area contributed by atoms with Crippen molar-refractivity contribution in [2.45, 2.75) is 0 Å². The van der Waals surface area contributed by atoms with E-state index in [1.165, 1.54) is 4.90 Å². The fourth-order valence-electron chi connectivity index (χ4n) is 3.29. The van der Waals surface area contributed by atoms with E-state index >= 15 is 0 Å². The van der Waals surface area contributed by atoms with Crippen molar-refractivity contribution >= 4 is 40.3 Å². The van der Waals surface area contributed by atoms with E-state index in [-0.39, 0.29) is 11.8 Å².